The summed E-state index contributed by atoms with van der Waals surface area (Å²) in [6, 6.07) is 13.9. The van der Waals surface area contributed by atoms with Gasteiger partial charge in [-0.05, 0) is 36.6 Å². The fourth-order valence-electron chi connectivity index (χ4n) is 2.35. The van der Waals surface area contributed by atoms with Crippen LogP contribution in [0.2, 0.25) is 5.02 Å². The van der Waals surface area contributed by atoms with Crippen LogP contribution in [0.3, 0.4) is 0 Å². The molecule has 0 heterocycles. The van der Waals surface area contributed by atoms with Gasteiger partial charge in [-0.2, -0.15) is 0 Å². The molecule has 0 aromatic heterocycles. The van der Waals surface area contributed by atoms with E-state index in [2.05, 4.69) is 10.6 Å². The van der Waals surface area contributed by atoms with Crippen molar-refractivity contribution in [1.82, 2.24) is 5.32 Å². The number of rotatable bonds is 6. The summed E-state index contributed by atoms with van der Waals surface area (Å²) in [5, 5.41) is 5.84. The highest BCUT2D eigenvalue weighted by atomic mass is 35.5. The third kappa shape index (κ3) is 5.96. The van der Waals surface area contributed by atoms with Crippen LogP contribution in [0.4, 0.5) is 5.69 Å². The molecule has 1 atom stereocenters. The van der Waals surface area contributed by atoms with Gasteiger partial charge in [-0.25, -0.2) is 0 Å². The average Bonchev–Trinajstić information content (AvgIpc) is 2.60. The monoisotopic (exact) mass is 409 g/mol. The molecule has 27 heavy (non-hydrogen) atoms. The van der Waals surface area contributed by atoms with Gasteiger partial charge in [0, 0.05) is 12.2 Å². The molecule has 5 nitrogen and oxygen atoms in total. The van der Waals surface area contributed by atoms with E-state index < -0.39 is 5.54 Å². The van der Waals surface area contributed by atoms with Crippen molar-refractivity contribution in [3.63, 3.8) is 0 Å². The maximum Gasteiger partial charge on any atom is 0.252 e. The van der Waals surface area contributed by atoms with Crippen molar-refractivity contribution in [2.24, 2.45) is 11.7 Å². The zero-order valence-electron chi connectivity index (χ0n) is 15.6. The van der Waals surface area contributed by atoms with Crippen molar-refractivity contribution in [2.45, 2.75) is 26.3 Å². The van der Waals surface area contributed by atoms with Crippen molar-refractivity contribution in [1.29, 1.82) is 0 Å². The van der Waals surface area contributed by atoms with Crippen molar-refractivity contribution < 1.29 is 9.59 Å². The Labute approximate surface area is 171 Å². The number of nitrogens with one attached hydrogen (secondary N) is 2. The van der Waals surface area contributed by atoms with Gasteiger partial charge in [0.05, 0.1) is 10.6 Å². The molecule has 0 aliphatic heterocycles. The molecular weight excluding hydrogens is 385 g/mol. The van der Waals surface area contributed by atoms with E-state index >= 15 is 0 Å². The molecule has 7 heteroatoms. The minimum atomic E-state index is -1.19. The Morgan fingerprint density at radius 1 is 1.15 bits per heavy atom. The molecule has 0 fully saturated rings. The summed E-state index contributed by atoms with van der Waals surface area (Å²) in [6.07, 6.45) is 0. The fraction of sp³-hybridized carbons (Fsp3) is 0.300. The van der Waals surface area contributed by atoms with Gasteiger partial charge in [0.15, 0.2) is 0 Å². The number of amides is 2. The Bertz CT molecular complexity index is 793. The van der Waals surface area contributed by atoms with Crippen LogP contribution in [0.25, 0.3) is 0 Å². The standard InChI is InChI=1S/C20H24ClN3O2.ClH/c1-13(2)12-23-18(25)16-10-9-15(11-17(16)21)24-19(26)20(3,22)14-7-5-4-6-8-14;/h4-11,13H,12,22H2,1-3H3,(H,23,25)(H,24,26);1H. The molecule has 0 spiro atoms. The van der Waals surface area contributed by atoms with Crippen LogP contribution in [0.15, 0.2) is 48.5 Å². The maximum absolute atomic E-state index is 12.6. The topological polar surface area (TPSA) is 84.2 Å². The molecule has 2 amide bonds. The second-order valence-corrected chi connectivity index (χ2v) is 7.23. The Morgan fingerprint density at radius 2 is 1.78 bits per heavy atom. The molecule has 4 N–H and O–H groups in total. The van der Waals surface area contributed by atoms with E-state index in [0.29, 0.717) is 29.3 Å². The summed E-state index contributed by atoms with van der Waals surface area (Å²) in [4.78, 5) is 24.7. The molecule has 0 saturated carbocycles. The number of halogens is 2. The number of nitrogens with two attached hydrogens (primary N) is 1. The highest BCUT2D eigenvalue weighted by molar-refractivity contribution is 6.34. The van der Waals surface area contributed by atoms with E-state index in [0.717, 1.165) is 0 Å². The summed E-state index contributed by atoms with van der Waals surface area (Å²) in [6.45, 7) is 6.23. The first-order valence-corrected chi connectivity index (χ1v) is 8.83. The van der Waals surface area contributed by atoms with Gasteiger partial charge >= 0.3 is 0 Å². The second-order valence-electron chi connectivity index (χ2n) is 6.82. The lowest BCUT2D eigenvalue weighted by atomic mass is 9.92. The lowest BCUT2D eigenvalue weighted by Gasteiger charge is -2.24. The van der Waals surface area contributed by atoms with Gasteiger partial charge in [0.25, 0.3) is 5.91 Å². The van der Waals surface area contributed by atoms with E-state index in [4.69, 9.17) is 17.3 Å². The number of hydrogen-bond acceptors (Lipinski definition) is 3. The number of benzene rings is 2. The third-order valence-corrected chi connectivity index (χ3v) is 4.30. The van der Waals surface area contributed by atoms with Gasteiger partial charge in [0.1, 0.15) is 5.54 Å². The average molecular weight is 410 g/mol. The fourth-order valence-corrected chi connectivity index (χ4v) is 2.61. The third-order valence-electron chi connectivity index (χ3n) is 3.99. The van der Waals surface area contributed by atoms with Gasteiger partial charge < -0.3 is 16.4 Å². The van der Waals surface area contributed by atoms with Crippen molar-refractivity contribution in [3.8, 4) is 0 Å². The predicted molar refractivity (Wildman–Crippen MR) is 112 cm³/mol. The molecule has 2 rings (SSSR count). The molecule has 146 valence electrons. The summed E-state index contributed by atoms with van der Waals surface area (Å²) in [5.74, 6) is -0.261. The molecule has 2 aromatic rings. The SMILES string of the molecule is CC(C)CNC(=O)c1ccc(NC(=O)C(C)(N)c2ccccc2)cc1Cl.Cl. The smallest absolute Gasteiger partial charge is 0.252 e. The van der Waals surface area contributed by atoms with Crippen LogP contribution in [-0.4, -0.2) is 18.4 Å². The van der Waals surface area contributed by atoms with Gasteiger partial charge in [-0.3, -0.25) is 9.59 Å². The first kappa shape index (κ1) is 23.0. The Balaban J connectivity index is 0.00000364. The summed E-state index contributed by atoms with van der Waals surface area (Å²) in [7, 11) is 0. The first-order valence-electron chi connectivity index (χ1n) is 8.45. The molecule has 0 aliphatic rings. The molecule has 0 aliphatic carbocycles. The minimum absolute atomic E-state index is 0. The minimum Gasteiger partial charge on any atom is -0.352 e. The van der Waals surface area contributed by atoms with Crippen LogP contribution < -0.4 is 16.4 Å². The zero-order chi connectivity index (χ0) is 19.3. The van der Waals surface area contributed by atoms with Crippen molar-refractivity contribution >= 4 is 41.5 Å². The highest BCUT2D eigenvalue weighted by Gasteiger charge is 2.30. The molecule has 0 radical (unpaired) electrons. The van der Waals surface area contributed by atoms with E-state index in [1.54, 1.807) is 37.3 Å². The van der Waals surface area contributed by atoms with E-state index in [-0.39, 0.29) is 29.2 Å². The predicted octanol–water partition coefficient (Wildman–Crippen LogP) is 3.96. The summed E-state index contributed by atoms with van der Waals surface area (Å²) < 4.78 is 0. The largest absolute Gasteiger partial charge is 0.352 e. The van der Waals surface area contributed by atoms with Crippen LogP contribution in [-0.2, 0) is 10.3 Å². The highest BCUT2D eigenvalue weighted by Crippen LogP contribution is 2.24. The number of carbonyl (C=O) groups is 2. The summed E-state index contributed by atoms with van der Waals surface area (Å²) in [5.41, 5.74) is 6.56. The number of anilines is 1. The molecule has 0 bridgehead atoms. The molecule has 2 aromatic carbocycles. The lowest BCUT2D eigenvalue weighted by Crippen LogP contribution is -2.45. The van der Waals surface area contributed by atoms with Gasteiger partial charge in [-0.15, -0.1) is 12.4 Å². The van der Waals surface area contributed by atoms with Gasteiger partial charge in [-0.1, -0.05) is 55.8 Å². The van der Waals surface area contributed by atoms with Crippen LogP contribution >= 0.6 is 24.0 Å². The van der Waals surface area contributed by atoms with E-state index in [1.165, 1.54) is 0 Å². The summed E-state index contributed by atoms with van der Waals surface area (Å²) >= 11 is 6.21. The quantitative estimate of drug-likeness (QED) is 0.674. The molecular formula is C20H25Cl2N3O2. The van der Waals surface area contributed by atoms with E-state index in [9.17, 15) is 9.59 Å². The molecule has 0 saturated heterocycles. The van der Waals surface area contributed by atoms with E-state index in [1.807, 2.05) is 32.0 Å². The Kier molecular flexibility index (Phi) is 8.28. The second kappa shape index (κ2) is 9.74. The zero-order valence-corrected chi connectivity index (χ0v) is 17.2. The van der Waals surface area contributed by atoms with Crippen LogP contribution in [0, 0.1) is 5.92 Å². The Morgan fingerprint density at radius 3 is 2.33 bits per heavy atom. The van der Waals surface area contributed by atoms with Gasteiger partial charge in [0.2, 0.25) is 5.91 Å². The van der Waals surface area contributed by atoms with Crippen molar-refractivity contribution in [3.05, 3.63) is 64.7 Å². The van der Waals surface area contributed by atoms with Crippen LogP contribution in [0.5, 0.6) is 0 Å². The maximum atomic E-state index is 12.6. The Hall–Kier alpha value is -2.08. The first-order chi connectivity index (χ1) is 12.2. The van der Waals surface area contributed by atoms with Crippen LogP contribution in [0.1, 0.15) is 36.7 Å². The normalized spacial score (nSPS) is 12.7. The lowest BCUT2D eigenvalue weighted by molar-refractivity contribution is -0.120. The number of carbonyl (C=O) groups excluding carboxylic acids is 2. The number of hydrogen-bond donors (Lipinski definition) is 3. The van der Waals surface area contributed by atoms with Crippen molar-refractivity contribution in [2.75, 3.05) is 11.9 Å². The molecule has 1 unspecified atom stereocenters.